The maximum Gasteiger partial charge on any atom is 0.196 e. The Kier molecular flexibility index (Phi) is 3.28. The van der Waals surface area contributed by atoms with Gasteiger partial charge in [-0.15, -0.1) is 0 Å². The van der Waals surface area contributed by atoms with Crippen LogP contribution in [0.15, 0.2) is 6.20 Å². The van der Waals surface area contributed by atoms with E-state index in [-0.39, 0.29) is 0 Å². The molecule has 7 nitrogen and oxygen atoms in total. The first-order chi connectivity index (χ1) is 10.8. The molecule has 2 N–H and O–H groups in total. The van der Waals surface area contributed by atoms with Crippen molar-refractivity contribution in [3.63, 3.8) is 0 Å². The van der Waals surface area contributed by atoms with Crippen LogP contribution in [0.4, 0.5) is 5.82 Å². The van der Waals surface area contributed by atoms with Crippen LogP contribution < -0.4 is 10.6 Å². The van der Waals surface area contributed by atoms with Gasteiger partial charge < -0.3 is 10.6 Å². The molecule has 1 saturated carbocycles. The van der Waals surface area contributed by atoms with Gasteiger partial charge in [0.25, 0.3) is 0 Å². The van der Waals surface area contributed by atoms with E-state index in [2.05, 4.69) is 26.9 Å². The molecule has 0 unspecified atom stereocenters. The van der Waals surface area contributed by atoms with Gasteiger partial charge in [0.2, 0.25) is 0 Å². The van der Waals surface area contributed by atoms with Gasteiger partial charge in [-0.25, -0.2) is 0 Å². The molecular weight excluding hydrogens is 302 g/mol. The van der Waals surface area contributed by atoms with Gasteiger partial charge >= 0.3 is 0 Å². The molecule has 3 heterocycles. The second-order valence-corrected chi connectivity index (χ2v) is 6.12. The van der Waals surface area contributed by atoms with E-state index >= 15 is 0 Å². The fourth-order valence-corrected chi connectivity index (χ4v) is 2.95. The molecular formula is C14H16ClN7. The molecule has 2 aliphatic rings. The maximum atomic E-state index is 9.28. The normalized spacial score (nSPS) is 17.1. The zero-order valence-electron chi connectivity index (χ0n) is 12.0. The lowest BCUT2D eigenvalue weighted by Crippen LogP contribution is -2.28. The standard InChI is InChI=1S/C14H16ClN7/c15-12-11-8-17-3-4-21(11)20-14(12)22-13(10(5-16)7-19-22)18-6-9-1-2-9/h7,9,17-18H,1-4,6,8H2. The van der Waals surface area contributed by atoms with E-state index in [0.29, 0.717) is 34.7 Å². The molecule has 22 heavy (non-hydrogen) atoms. The summed E-state index contributed by atoms with van der Waals surface area (Å²) in [6.07, 6.45) is 4.05. The van der Waals surface area contributed by atoms with E-state index < -0.39 is 0 Å². The molecule has 0 atom stereocenters. The second-order valence-electron chi connectivity index (χ2n) is 5.74. The highest BCUT2D eigenvalue weighted by Gasteiger charge is 2.25. The fraction of sp³-hybridized carbons (Fsp3) is 0.500. The number of nitriles is 1. The Bertz CT molecular complexity index is 750. The summed E-state index contributed by atoms with van der Waals surface area (Å²) >= 11 is 6.48. The lowest BCUT2D eigenvalue weighted by atomic mass is 10.3. The molecule has 0 saturated heterocycles. The van der Waals surface area contributed by atoms with Gasteiger partial charge in [-0.3, -0.25) is 4.68 Å². The number of aromatic nitrogens is 4. The van der Waals surface area contributed by atoms with Crippen LogP contribution in [-0.4, -0.2) is 32.7 Å². The van der Waals surface area contributed by atoms with Gasteiger partial charge in [0.05, 0.1) is 18.4 Å². The predicted octanol–water partition coefficient (Wildman–Crippen LogP) is 1.52. The van der Waals surface area contributed by atoms with Crippen molar-refractivity contribution in [3.8, 4) is 11.9 Å². The van der Waals surface area contributed by atoms with Crippen molar-refractivity contribution in [1.29, 1.82) is 5.26 Å². The molecule has 0 spiro atoms. The second kappa shape index (κ2) is 5.30. The van der Waals surface area contributed by atoms with Crippen molar-refractivity contribution in [2.45, 2.75) is 25.9 Å². The summed E-state index contributed by atoms with van der Waals surface area (Å²) in [5, 5.41) is 25.4. The molecule has 2 aromatic heterocycles. The fourth-order valence-electron chi connectivity index (χ4n) is 2.67. The first-order valence-electron chi connectivity index (χ1n) is 7.46. The highest BCUT2D eigenvalue weighted by Crippen LogP contribution is 2.31. The number of hydrogen-bond acceptors (Lipinski definition) is 5. The number of nitrogens with zero attached hydrogens (tertiary/aromatic N) is 5. The van der Waals surface area contributed by atoms with E-state index in [1.165, 1.54) is 12.8 Å². The van der Waals surface area contributed by atoms with Crippen molar-refractivity contribution >= 4 is 17.4 Å². The van der Waals surface area contributed by atoms with Gasteiger partial charge in [0, 0.05) is 19.6 Å². The van der Waals surface area contributed by atoms with E-state index in [0.717, 1.165) is 25.3 Å². The zero-order valence-corrected chi connectivity index (χ0v) is 12.8. The lowest BCUT2D eigenvalue weighted by Gasteiger charge is -2.14. The summed E-state index contributed by atoms with van der Waals surface area (Å²) in [6, 6.07) is 2.18. The van der Waals surface area contributed by atoms with E-state index in [1.54, 1.807) is 10.9 Å². The number of hydrogen-bond donors (Lipinski definition) is 2. The Morgan fingerprint density at radius 2 is 2.36 bits per heavy atom. The van der Waals surface area contributed by atoms with Crippen LogP contribution in [0.1, 0.15) is 24.1 Å². The third kappa shape index (κ3) is 2.25. The molecule has 8 heteroatoms. The minimum absolute atomic E-state index is 0.515. The molecule has 0 aromatic carbocycles. The summed E-state index contributed by atoms with van der Waals surface area (Å²) in [4.78, 5) is 0. The molecule has 1 aliphatic carbocycles. The minimum Gasteiger partial charge on any atom is -0.369 e. The summed E-state index contributed by atoms with van der Waals surface area (Å²) in [7, 11) is 0. The largest absolute Gasteiger partial charge is 0.369 e. The van der Waals surface area contributed by atoms with Crippen molar-refractivity contribution in [2.75, 3.05) is 18.4 Å². The number of halogens is 1. The molecule has 2 aromatic rings. The van der Waals surface area contributed by atoms with Crippen LogP contribution in [0.3, 0.4) is 0 Å². The van der Waals surface area contributed by atoms with Crippen molar-refractivity contribution < 1.29 is 0 Å². The monoisotopic (exact) mass is 317 g/mol. The van der Waals surface area contributed by atoms with Gasteiger partial charge in [0.1, 0.15) is 22.5 Å². The Morgan fingerprint density at radius 3 is 3.09 bits per heavy atom. The van der Waals surface area contributed by atoms with Crippen LogP contribution >= 0.6 is 11.6 Å². The van der Waals surface area contributed by atoms with Crippen LogP contribution in [0.25, 0.3) is 5.82 Å². The van der Waals surface area contributed by atoms with Crippen molar-refractivity contribution in [1.82, 2.24) is 24.9 Å². The van der Waals surface area contributed by atoms with Gasteiger partial charge in [-0.2, -0.15) is 20.1 Å². The predicted molar refractivity (Wildman–Crippen MR) is 82.0 cm³/mol. The number of fused-ring (bicyclic) bond motifs is 1. The van der Waals surface area contributed by atoms with Gasteiger partial charge in [-0.05, 0) is 18.8 Å². The summed E-state index contributed by atoms with van der Waals surface area (Å²) in [5.74, 6) is 1.96. The van der Waals surface area contributed by atoms with E-state index in [4.69, 9.17) is 11.6 Å². The topological polar surface area (TPSA) is 83.5 Å². The highest BCUT2D eigenvalue weighted by atomic mass is 35.5. The molecule has 0 amide bonds. The Hall–Kier alpha value is -2.04. The molecule has 114 valence electrons. The quantitative estimate of drug-likeness (QED) is 0.893. The maximum absolute atomic E-state index is 9.28. The van der Waals surface area contributed by atoms with Crippen LogP contribution in [-0.2, 0) is 13.1 Å². The first kappa shape index (κ1) is 13.6. The Morgan fingerprint density at radius 1 is 1.50 bits per heavy atom. The molecule has 1 aliphatic heterocycles. The molecule has 4 rings (SSSR count). The summed E-state index contributed by atoms with van der Waals surface area (Å²) < 4.78 is 3.56. The zero-order chi connectivity index (χ0) is 15.1. The van der Waals surface area contributed by atoms with E-state index in [1.807, 2.05) is 4.68 Å². The highest BCUT2D eigenvalue weighted by molar-refractivity contribution is 6.32. The lowest BCUT2D eigenvalue weighted by molar-refractivity contribution is 0.474. The smallest absolute Gasteiger partial charge is 0.196 e. The Labute approximate surface area is 132 Å². The third-order valence-corrected chi connectivity index (χ3v) is 4.50. The SMILES string of the molecule is N#Cc1cnn(-c2nn3c(c2Cl)CNCC3)c1NCC1CC1. The molecule has 0 radical (unpaired) electrons. The third-order valence-electron chi connectivity index (χ3n) is 4.11. The van der Waals surface area contributed by atoms with Crippen LogP contribution in [0, 0.1) is 17.2 Å². The van der Waals surface area contributed by atoms with Crippen molar-refractivity contribution in [3.05, 3.63) is 22.5 Å². The molecule has 0 bridgehead atoms. The van der Waals surface area contributed by atoms with Crippen LogP contribution in [0.2, 0.25) is 5.02 Å². The van der Waals surface area contributed by atoms with E-state index in [9.17, 15) is 5.26 Å². The summed E-state index contributed by atoms with van der Waals surface area (Å²) in [6.45, 7) is 3.21. The van der Waals surface area contributed by atoms with Gasteiger partial charge in [0.15, 0.2) is 5.82 Å². The van der Waals surface area contributed by atoms with Gasteiger partial charge in [-0.1, -0.05) is 11.6 Å². The number of rotatable bonds is 4. The minimum atomic E-state index is 0.515. The average Bonchev–Trinajstić information content (AvgIpc) is 3.20. The summed E-state index contributed by atoms with van der Waals surface area (Å²) in [5.41, 5.74) is 1.48. The molecule has 1 fully saturated rings. The van der Waals surface area contributed by atoms with Crippen LogP contribution in [0.5, 0.6) is 0 Å². The number of nitrogens with one attached hydrogen (secondary N) is 2. The first-order valence-corrected chi connectivity index (χ1v) is 7.84. The average molecular weight is 318 g/mol. The Balaban J connectivity index is 1.74. The number of anilines is 1. The van der Waals surface area contributed by atoms with Crippen molar-refractivity contribution in [2.24, 2.45) is 5.92 Å².